The number of hydrogen-bond acceptors (Lipinski definition) is 6. The van der Waals surface area contributed by atoms with Crippen LogP contribution in [0.3, 0.4) is 0 Å². The highest BCUT2D eigenvalue weighted by atomic mass is 35.5. The predicted molar refractivity (Wildman–Crippen MR) is 59.8 cm³/mol. The molecule has 1 amide bonds. The molecule has 0 radical (unpaired) electrons. The van der Waals surface area contributed by atoms with Gasteiger partial charge in [-0.3, -0.25) is 4.79 Å². The highest BCUT2D eigenvalue weighted by Crippen LogP contribution is 2.14. The molecule has 0 aliphatic rings. The molecule has 1 rings (SSSR count). The number of hydrogen-bond donors (Lipinski definition) is 2. The Hall–Kier alpha value is -0.770. The minimum absolute atomic E-state index is 0.139. The molecule has 0 aliphatic heterocycles. The van der Waals surface area contributed by atoms with Crippen LogP contribution in [0.4, 0.5) is 0 Å². The van der Waals surface area contributed by atoms with Gasteiger partial charge in [-0.25, -0.2) is 13.6 Å². The second kappa shape index (κ2) is 5.53. The van der Waals surface area contributed by atoms with Crippen molar-refractivity contribution in [2.24, 2.45) is 5.14 Å². The van der Waals surface area contributed by atoms with Gasteiger partial charge in [0.1, 0.15) is 0 Å². The van der Waals surface area contributed by atoms with Crippen molar-refractivity contribution < 1.29 is 13.2 Å². The van der Waals surface area contributed by atoms with Gasteiger partial charge in [0.2, 0.25) is 19.5 Å². The normalized spacial score (nSPS) is 11.4. The number of aromatic nitrogens is 2. The van der Waals surface area contributed by atoms with Gasteiger partial charge in [-0.05, 0) is 18.0 Å². The molecule has 1 aromatic heterocycles. The first kappa shape index (κ1) is 13.3. The van der Waals surface area contributed by atoms with Crippen molar-refractivity contribution in [2.75, 3.05) is 12.3 Å². The van der Waals surface area contributed by atoms with Crippen molar-refractivity contribution in [3.8, 4) is 0 Å². The molecule has 0 saturated carbocycles. The Labute approximate surface area is 101 Å². The number of halogens is 1. The predicted octanol–water partition coefficient (Wildman–Crippen LogP) is -0.400. The van der Waals surface area contributed by atoms with Crippen LogP contribution in [0.25, 0.3) is 0 Å². The van der Waals surface area contributed by atoms with E-state index in [4.69, 9.17) is 16.7 Å². The number of nitrogens with one attached hydrogen (secondary N) is 1. The zero-order valence-electron chi connectivity index (χ0n) is 8.01. The van der Waals surface area contributed by atoms with E-state index in [-0.39, 0.29) is 28.2 Å². The molecule has 16 heavy (non-hydrogen) atoms. The number of nitrogens with two attached hydrogens (primary N) is 1. The smallest absolute Gasteiger partial charge is 0.282 e. The first-order valence-electron chi connectivity index (χ1n) is 4.16. The van der Waals surface area contributed by atoms with Gasteiger partial charge in [0.25, 0.3) is 5.91 Å². The van der Waals surface area contributed by atoms with Crippen molar-refractivity contribution in [3.63, 3.8) is 0 Å². The van der Waals surface area contributed by atoms with E-state index in [0.717, 1.165) is 11.3 Å². The van der Waals surface area contributed by atoms with Crippen LogP contribution in [-0.2, 0) is 10.0 Å². The lowest BCUT2D eigenvalue weighted by atomic mass is 10.4. The molecular formula is C6H9ClN4O3S2. The van der Waals surface area contributed by atoms with Crippen LogP contribution in [0, 0.1) is 0 Å². The zero-order chi connectivity index (χ0) is 12.2. The van der Waals surface area contributed by atoms with Crippen LogP contribution >= 0.6 is 22.9 Å². The Morgan fingerprint density at radius 1 is 1.50 bits per heavy atom. The molecule has 0 bridgehead atoms. The maximum absolute atomic E-state index is 11.3. The third-order valence-electron chi connectivity index (χ3n) is 1.49. The number of nitrogens with zero attached hydrogens (tertiary/aromatic N) is 2. The summed E-state index contributed by atoms with van der Waals surface area (Å²) in [4.78, 5) is 11.3. The Morgan fingerprint density at radius 3 is 2.69 bits per heavy atom. The first-order valence-corrected chi connectivity index (χ1v) is 7.07. The second-order valence-corrected chi connectivity index (χ2v) is 6.13. The molecule has 0 atom stereocenters. The van der Waals surface area contributed by atoms with Gasteiger partial charge in [0.05, 0.1) is 5.75 Å². The lowest BCUT2D eigenvalue weighted by molar-refractivity contribution is 0.0952. The minimum Gasteiger partial charge on any atom is -0.350 e. The van der Waals surface area contributed by atoms with Crippen LogP contribution in [0.1, 0.15) is 16.2 Å². The Bertz CT molecular complexity index is 472. The SMILES string of the molecule is NS(=O)(=O)CCCNC(=O)c1nnc(Cl)s1. The molecule has 0 unspecified atom stereocenters. The van der Waals surface area contributed by atoms with Crippen LogP contribution in [-0.4, -0.2) is 36.8 Å². The lowest BCUT2D eigenvalue weighted by Crippen LogP contribution is -2.27. The molecule has 3 N–H and O–H groups in total. The van der Waals surface area contributed by atoms with Crippen molar-refractivity contribution in [1.29, 1.82) is 0 Å². The van der Waals surface area contributed by atoms with E-state index >= 15 is 0 Å². The van der Waals surface area contributed by atoms with Gasteiger partial charge >= 0.3 is 0 Å². The van der Waals surface area contributed by atoms with Crippen molar-refractivity contribution >= 4 is 38.9 Å². The van der Waals surface area contributed by atoms with Crippen molar-refractivity contribution in [3.05, 3.63) is 9.47 Å². The summed E-state index contributed by atoms with van der Waals surface area (Å²) in [7, 11) is -3.48. The molecule has 10 heteroatoms. The summed E-state index contributed by atoms with van der Waals surface area (Å²) in [5, 5.41) is 14.4. The second-order valence-electron chi connectivity index (χ2n) is 2.84. The topological polar surface area (TPSA) is 115 Å². The van der Waals surface area contributed by atoms with Gasteiger partial charge in [-0.2, -0.15) is 0 Å². The van der Waals surface area contributed by atoms with Crippen molar-refractivity contribution in [2.45, 2.75) is 6.42 Å². The van der Waals surface area contributed by atoms with E-state index < -0.39 is 15.9 Å². The van der Waals surface area contributed by atoms with E-state index in [2.05, 4.69) is 15.5 Å². The summed E-state index contributed by atoms with van der Waals surface area (Å²) in [5.74, 6) is -0.608. The third-order valence-corrected chi connectivity index (χ3v) is 3.36. The minimum atomic E-state index is -3.48. The van der Waals surface area contributed by atoms with E-state index in [1.165, 1.54) is 0 Å². The monoisotopic (exact) mass is 284 g/mol. The Morgan fingerprint density at radius 2 is 2.19 bits per heavy atom. The van der Waals surface area contributed by atoms with Crippen LogP contribution in [0.2, 0.25) is 4.47 Å². The fraction of sp³-hybridized carbons (Fsp3) is 0.500. The fourth-order valence-corrected chi connectivity index (χ4v) is 2.14. The molecule has 0 spiro atoms. The average Bonchev–Trinajstić information content (AvgIpc) is 2.57. The van der Waals surface area contributed by atoms with E-state index in [0.29, 0.717) is 0 Å². The highest BCUT2D eigenvalue weighted by molar-refractivity contribution is 7.89. The number of carbonyl (C=O) groups excluding carboxylic acids is 1. The number of sulfonamides is 1. The van der Waals surface area contributed by atoms with Gasteiger partial charge < -0.3 is 5.32 Å². The summed E-state index contributed by atoms with van der Waals surface area (Å²) in [5.41, 5.74) is 0. The largest absolute Gasteiger partial charge is 0.350 e. The highest BCUT2D eigenvalue weighted by Gasteiger charge is 2.11. The van der Waals surface area contributed by atoms with E-state index in [1.54, 1.807) is 0 Å². The molecule has 7 nitrogen and oxygen atoms in total. The number of amides is 1. The number of rotatable bonds is 5. The molecular weight excluding hydrogens is 276 g/mol. The molecule has 0 saturated heterocycles. The standard InChI is InChI=1S/C6H9ClN4O3S2/c7-6-11-10-5(15-6)4(12)9-2-1-3-16(8,13)14/h1-3H2,(H,9,12)(H2,8,13,14). The lowest BCUT2D eigenvalue weighted by Gasteiger charge is -2.01. The quantitative estimate of drug-likeness (QED) is 0.714. The molecule has 0 aliphatic carbocycles. The molecule has 0 fully saturated rings. The van der Waals surface area contributed by atoms with E-state index in [9.17, 15) is 13.2 Å². The van der Waals surface area contributed by atoms with Crippen LogP contribution < -0.4 is 10.5 Å². The summed E-state index contributed by atoms with van der Waals surface area (Å²) in [6, 6.07) is 0. The van der Waals surface area contributed by atoms with Gasteiger partial charge in [-0.15, -0.1) is 10.2 Å². The Balaban J connectivity index is 2.31. The fourth-order valence-electron chi connectivity index (χ4n) is 0.848. The van der Waals surface area contributed by atoms with Crippen molar-refractivity contribution in [1.82, 2.24) is 15.5 Å². The maximum Gasteiger partial charge on any atom is 0.282 e. The summed E-state index contributed by atoms with van der Waals surface area (Å²) in [6.07, 6.45) is 0.247. The number of carbonyl (C=O) groups is 1. The number of primary sulfonamides is 1. The molecule has 0 aromatic carbocycles. The van der Waals surface area contributed by atoms with Crippen LogP contribution in [0.5, 0.6) is 0 Å². The van der Waals surface area contributed by atoms with Gasteiger partial charge in [-0.1, -0.05) is 11.3 Å². The zero-order valence-corrected chi connectivity index (χ0v) is 10.4. The van der Waals surface area contributed by atoms with Gasteiger partial charge in [0, 0.05) is 6.54 Å². The summed E-state index contributed by atoms with van der Waals surface area (Å²) >= 11 is 6.44. The molecule has 90 valence electrons. The van der Waals surface area contributed by atoms with Gasteiger partial charge in [0.15, 0.2) is 0 Å². The van der Waals surface area contributed by atoms with E-state index in [1.807, 2.05) is 0 Å². The first-order chi connectivity index (χ1) is 7.38. The maximum atomic E-state index is 11.3. The molecule has 1 heterocycles. The Kier molecular flexibility index (Phi) is 4.59. The molecule has 1 aromatic rings. The van der Waals surface area contributed by atoms with Crippen LogP contribution in [0.15, 0.2) is 0 Å². The average molecular weight is 285 g/mol. The third kappa shape index (κ3) is 4.84. The summed E-state index contributed by atoms with van der Waals surface area (Å²) < 4.78 is 21.3. The summed E-state index contributed by atoms with van der Waals surface area (Å²) in [6.45, 7) is 0.201.